The Morgan fingerprint density at radius 3 is 2.71 bits per heavy atom. The molecule has 0 radical (unpaired) electrons. The van der Waals surface area contributed by atoms with Gasteiger partial charge in [-0.25, -0.2) is 4.39 Å². The van der Waals surface area contributed by atoms with Crippen molar-refractivity contribution in [1.82, 2.24) is 0 Å². The lowest BCUT2D eigenvalue weighted by molar-refractivity contribution is 0.231. The van der Waals surface area contributed by atoms with E-state index in [2.05, 4.69) is 0 Å². The van der Waals surface area contributed by atoms with Crippen molar-refractivity contribution in [3.05, 3.63) is 29.6 Å². The zero-order valence-corrected chi connectivity index (χ0v) is 9.92. The van der Waals surface area contributed by atoms with Crippen LogP contribution in [0.4, 0.5) is 4.39 Å². The van der Waals surface area contributed by atoms with Crippen molar-refractivity contribution in [1.29, 1.82) is 0 Å². The molecule has 0 amide bonds. The Morgan fingerprint density at radius 1 is 1.35 bits per heavy atom. The van der Waals surface area contributed by atoms with Crippen molar-refractivity contribution >= 4 is 0 Å². The monoisotopic (exact) mass is 235 g/mol. The number of rotatable bonds is 4. The summed E-state index contributed by atoms with van der Waals surface area (Å²) in [6, 6.07) is 4.72. The molecule has 0 bridgehead atoms. The molecule has 92 valence electrons. The Hall–Kier alpha value is -1.09. The fourth-order valence-corrected chi connectivity index (χ4v) is 2.34. The molecule has 0 spiro atoms. The van der Waals surface area contributed by atoms with Gasteiger partial charge in [-0.1, -0.05) is 0 Å². The third kappa shape index (κ3) is 2.16. The standard InChI is InChI=1S/C14H18FNO/c15-11-4-5-13(17-9-10-2-3-10)12(8-11)14(16)6-1-7-14/h4-5,8,10H,1-3,6-7,9,16H2. The van der Waals surface area contributed by atoms with Crippen LogP contribution in [0.15, 0.2) is 18.2 Å². The molecule has 3 heteroatoms. The summed E-state index contributed by atoms with van der Waals surface area (Å²) in [5.41, 5.74) is 6.76. The Labute approximate surface area is 101 Å². The van der Waals surface area contributed by atoms with Gasteiger partial charge in [-0.05, 0) is 56.2 Å². The highest BCUT2D eigenvalue weighted by atomic mass is 19.1. The first kappa shape index (κ1) is 11.0. The van der Waals surface area contributed by atoms with E-state index in [-0.39, 0.29) is 11.4 Å². The van der Waals surface area contributed by atoms with Gasteiger partial charge in [-0.15, -0.1) is 0 Å². The van der Waals surface area contributed by atoms with Gasteiger partial charge in [0.05, 0.1) is 6.61 Å². The molecule has 1 aromatic rings. The van der Waals surface area contributed by atoms with Crippen molar-refractivity contribution in [2.24, 2.45) is 11.7 Å². The minimum atomic E-state index is -0.360. The largest absolute Gasteiger partial charge is 0.493 e. The maximum absolute atomic E-state index is 13.3. The van der Waals surface area contributed by atoms with E-state index in [4.69, 9.17) is 10.5 Å². The molecule has 2 nitrogen and oxygen atoms in total. The topological polar surface area (TPSA) is 35.2 Å². The molecular weight excluding hydrogens is 217 g/mol. The molecule has 2 N–H and O–H groups in total. The Bertz CT molecular complexity index is 424. The number of benzene rings is 1. The van der Waals surface area contributed by atoms with Crippen LogP contribution >= 0.6 is 0 Å². The van der Waals surface area contributed by atoms with Gasteiger partial charge in [0.15, 0.2) is 0 Å². The summed E-state index contributed by atoms with van der Waals surface area (Å²) in [4.78, 5) is 0. The van der Waals surface area contributed by atoms with Crippen LogP contribution in [0.5, 0.6) is 5.75 Å². The van der Waals surface area contributed by atoms with Crippen LogP contribution < -0.4 is 10.5 Å². The normalized spacial score (nSPS) is 22.0. The molecule has 0 aromatic heterocycles. The second kappa shape index (κ2) is 3.98. The van der Waals surface area contributed by atoms with Crippen LogP contribution in [-0.2, 0) is 5.54 Å². The highest BCUT2D eigenvalue weighted by molar-refractivity contribution is 5.40. The van der Waals surface area contributed by atoms with E-state index in [1.807, 2.05) is 0 Å². The number of ether oxygens (including phenoxy) is 1. The second-order valence-electron chi connectivity index (χ2n) is 5.40. The molecule has 0 unspecified atom stereocenters. The van der Waals surface area contributed by atoms with Gasteiger partial charge in [0.1, 0.15) is 11.6 Å². The minimum absolute atomic E-state index is 0.226. The molecular formula is C14H18FNO. The molecule has 2 aliphatic rings. The minimum Gasteiger partial charge on any atom is -0.493 e. The SMILES string of the molecule is NC1(c2cc(F)ccc2OCC2CC2)CCC1. The molecule has 3 rings (SSSR count). The molecule has 2 fully saturated rings. The average Bonchev–Trinajstić information content (AvgIpc) is 3.08. The average molecular weight is 235 g/mol. The predicted molar refractivity (Wildman–Crippen MR) is 64.3 cm³/mol. The molecule has 2 saturated carbocycles. The summed E-state index contributed by atoms with van der Waals surface area (Å²) < 4.78 is 19.1. The highest BCUT2D eigenvalue weighted by Gasteiger charge is 2.37. The third-order valence-corrected chi connectivity index (χ3v) is 3.90. The number of hydrogen-bond donors (Lipinski definition) is 1. The number of hydrogen-bond acceptors (Lipinski definition) is 2. The van der Waals surface area contributed by atoms with Crippen LogP contribution in [0.3, 0.4) is 0 Å². The van der Waals surface area contributed by atoms with Crippen LogP contribution in [-0.4, -0.2) is 6.61 Å². The summed E-state index contributed by atoms with van der Waals surface area (Å²) in [6.07, 6.45) is 5.48. The lowest BCUT2D eigenvalue weighted by atomic mass is 9.72. The molecule has 0 atom stereocenters. The first-order valence-corrected chi connectivity index (χ1v) is 6.39. The van der Waals surface area contributed by atoms with E-state index < -0.39 is 0 Å². The molecule has 2 aliphatic carbocycles. The quantitative estimate of drug-likeness (QED) is 0.870. The van der Waals surface area contributed by atoms with E-state index in [9.17, 15) is 4.39 Å². The van der Waals surface area contributed by atoms with Crippen LogP contribution in [0, 0.1) is 11.7 Å². The maximum atomic E-state index is 13.3. The lowest BCUT2D eigenvalue weighted by Gasteiger charge is -2.39. The van der Waals surface area contributed by atoms with E-state index in [1.54, 1.807) is 12.1 Å². The smallest absolute Gasteiger partial charge is 0.124 e. The summed E-state index contributed by atoms with van der Waals surface area (Å²) in [7, 11) is 0. The molecule has 0 heterocycles. The molecule has 0 aliphatic heterocycles. The summed E-state index contributed by atoms with van der Waals surface area (Å²) >= 11 is 0. The van der Waals surface area contributed by atoms with E-state index in [1.165, 1.54) is 18.9 Å². The molecule has 1 aromatic carbocycles. The first-order valence-electron chi connectivity index (χ1n) is 6.39. The fourth-order valence-electron chi connectivity index (χ4n) is 2.34. The van der Waals surface area contributed by atoms with Crippen molar-refractivity contribution in [2.75, 3.05) is 6.61 Å². The maximum Gasteiger partial charge on any atom is 0.124 e. The van der Waals surface area contributed by atoms with Crippen molar-refractivity contribution in [3.8, 4) is 5.75 Å². The zero-order valence-electron chi connectivity index (χ0n) is 9.92. The predicted octanol–water partition coefficient (Wildman–Crippen LogP) is 2.95. The van der Waals surface area contributed by atoms with E-state index >= 15 is 0 Å². The van der Waals surface area contributed by atoms with Crippen LogP contribution in [0.2, 0.25) is 0 Å². The Balaban J connectivity index is 1.84. The van der Waals surface area contributed by atoms with E-state index in [0.717, 1.165) is 37.2 Å². The summed E-state index contributed by atoms with van der Waals surface area (Å²) in [5.74, 6) is 1.25. The van der Waals surface area contributed by atoms with Gasteiger partial charge in [-0.2, -0.15) is 0 Å². The number of nitrogens with two attached hydrogens (primary N) is 1. The Morgan fingerprint density at radius 2 is 2.12 bits per heavy atom. The second-order valence-corrected chi connectivity index (χ2v) is 5.40. The van der Waals surface area contributed by atoms with Gasteiger partial charge in [0.25, 0.3) is 0 Å². The van der Waals surface area contributed by atoms with Gasteiger partial charge in [0.2, 0.25) is 0 Å². The van der Waals surface area contributed by atoms with Gasteiger partial charge >= 0.3 is 0 Å². The highest BCUT2D eigenvalue weighted by Crippen LogP contribution is 2.43. The molecule has 17 heavy (non-hydrogen) atoms. The Kier molecular flexibility index (Phi) is 2.58. The van der Waals surface area contributed by atoms with Gasteiger partial charge in [-0.3, -0.25) is 0 Å². The summed E-state index contributed by atoms with van der Waals surface area (Å²) in [5, 5.41) is 0. The number of halogens is 1. The first-order chi connectivity index (χ1) is 8.17. The van der Waals surface area contributed by atoms with Crippen LogP contribution in [0.1, 0.15) is 37.7 Å². The fraction of sp³-hybridized carbons (Fsp3) is 0.571. The van der Waals surface area contributed by atoms with E-state index in [0.29, 0.717) is 5.92 Å². The zero-order chi connectivity index (χ0) is 11.9. The summed E-state index contributed by atoms with van der Waals surface area (Å²) in [6.45, 7) is 0.745. The van der Waals surface area contributed by atoms with Crippen molar-refractivity contribution in [2.45, 2.75) is 37.6 Å². The van der Waals surface area contributed by atoms with Crippen LogP contribution in [0.25, 0.3) is 0 Å². The lowest BCUT2D eigenvalue weighted by Crippen LogP contribution is -2.43. The van der Waals surface area contributed by atoms with Crippen molar-refractivity contribution < 1.29 is 9.13 Å². The van der Waals surface area contributed by atoms with Gasteiger partial charge in [0, 0.05) is 11.1 Å². The third-order valence-electron chi connectivity index (χ3n) is 3.90. The van der Waals surface area contributed by atoms with Crippen molar-refractivity contribution in [3.63, 3.8) is 0 Å². The molecule has 0 saturated heterocycles. The van der Waals surface area contributed by atoms with Gasteiger partial charge < -0.3 is 10.5 Å².